The van der Waals surface area contributed by atoms with E-state index in [2.05, 4.69) is 31.1 Å². The van der Waals surface area contributed by atoms with Crippen LogP contribution in [0.15, 0.2) is 21.8 Å². The first-order valence-electron chi connectivity index (χ1n) is 6.04. The van der Waals surface area contributed by atoms with Gasteiger partial charge in [0.2, 0.25) is 0 Å². The van der Waals surface area contributed by atoms with Gasteiger partial charge in [-0.1, -0.05) is 0 Å². The van der Waals surface area contributed by atoms with Gasteiger partial charge in [-0.15, -0.1) is 0 Å². The fourth-order valence-electron chi connectivity index (χ4n) is 2.19. The molecular weight excluding hydrogens is 324 g/mol. The van der Waals surface area contributed by atoms with Crippen LogP contribution in [-0.2, 0) is 20.6 Å². The maximum absolute atomic E-state index is 12.4. The summed E-state index contributed by atoms with van der Waals surface area (Å²) in [5.41, 5.74) is 2.31. The number of hydrogen-bond acceptors (Lipinski definition) is 4. The lowest BCUT2D eigenvalue weighted by Crippen LogP contribution is -2.22. The monoisotopic (exact) mass is 336 g/mol. The fraction of sp³-hybridized carbons (Fsp3) is 0.333. The van der Waals surface area contributed by atoms with Crippen LogP contribution in [0.1, 0.15) is 11.4 Å². The summed E-state index contributed by atoms with van der Waals surface area (Å²) in [5, 5.41) is 8.90. The van der Waals surface area contributed by atoms with E-state index >= 15 is 0 Å². The number of fused-ring (bicyclic) bond motifs is 1. The first-order chi connectivity index (χ1) is 9.49. The van der Waals surface area contributed by atoms with Gasteiger partial charge in [0.15, 0.2) is 5.65 Å². The van der Waals surface area contributed by atoms with E-state index in [9.17, 15) is 4.79 Å². The molecule has 3 heterocycles. The summed E-state index contributed by atoms with van der Waals surface area (Å²) < 4.78 is 5.83. The van der Waals surface area contributed by atoms with E-state index in [1.54, 1.807) is 33.5 Å². The van der Waals surface area contributed by atoms with Gasteiger partial charge in [-0.2, -0.15) is 10.2 Å². The third kappa shape index (κ3) is 1.87. The fourth-order valence-corrected chi connectivity index (χ4v) is 2.65. The Morgan fingerprint density at radius 3 is 2.70 bits per heavy atom. The highest BCUT2D eigenvalue weighted by atomic mass is 79.9. The van der Waals surface area contributed by atoms with Crippen LogP contribution in [0.5, 0.6) is 0 Å². The zero-order valence-corrected chi connectivity index (χ0v) is 12.9. The van der Waals surface area contributed by atoms with Crippen molar-refractivity contribution in [3.63, 3.8) is 0 Å². The predicted molar refractivity (Wildman–Crippen MR) is 77.5 cm³/mol. The number of aromatic nitrogens is 6. The summed E-state index contributed by atoms with van der Waals surface area (Å²) in [6, 6.07) is 0. The maximum atomic E-state index is 12.4. The molecule has 3 aromatic rings. The van der Waals surface area contributed by atoms with Crippen LogP contribution in [0, 0.1) is 6.92 Å². The minimum Gasteiger partial charge on any atom is -0.292 e. The minimum absolute atomic E-state index is 0.103. The molecule has 0 saturated heterocycles. The van der Waals surface area contributed by atoms with Gasteiger partial charge in [0.25, 0.3) is 5.56 Å². The molecule has 3 aromatic heterocycles. The smallest absolute Gasteiger partial charge is 0.264 e. The third-order valence-electron chi connectivity index (χ3n) is 3.30. The summed E-state index contributed by atoms with van der Waals surface area (Å²) in [7, 11) is 3.62. The molecule has 0 unspecified atom stereocenters. The van der Waals surface area contributed by atoms with Crippen molar-refractivity contribution in [1.82, 2.24) is 29.1 Å². The summed E-state index contributed by atoms with van der Waals surface area (Å²) in [6.45, 7) is 2.33. The highest BCUT2D eigenvalue weighted by Gasteiger charge is 2.14. The van der Waals surface area contributed by atoms with Crippen LogP contribution in [0.3, 0.4) is 0 Å². The lowest BCUT2D eigenvalue weighted by molar-refractivity contribution is 0.645. The van der Waals surface area contributed by atoms with E-state index in [0.29, 0.717) is 17.6 Å². The van der Waals surface area contributed by atoms with E-state index < -0.39 is 0 Å². The lowest BCUT2D eigenvalue weighted by atomic mass is 10.3. The average molecular weight is 337 g/mol. The van der Waals surface area contributed by atoms with Crippen molar-refractivity contribution < 1.29 is 0 Å². The van der Waals surface area contributed by atoms with Crippen molar-refractivity contribution in [3.05, 3.63) is 38.7 Å². The molecule has 0 N–H and O–H groups in total. The van der Waals surface area contributed by atoms with E-state index in [0.717, 1.165) is 15.9 Å². The molecule has 104 valence electrons. The SMILES string of the molecule is Cc1nn(C)c(Cn2cnc3c(cnn3C)c2=O)c1Br. The number of rotatable bonds is 2. The van der Waals surface area contributed by atoms with Gasteiger partial charge in [0, 0.05) is 14.1 Å². The van der Waals surface area contributed by atoms with Crippen molar-refractivity contribution in [1.29, 1.82) is 0 Å². The topological polar surface area (TPSA) is 70.5 Å². The minimum atomic E-state index is -0.103. The van der Waals surface area contributed by atoms with Crippen molar-refractivity contribution in [2.75, 3.05) is 0 Å². The molecule has 0 aliphatic heterocycles. The molecule has 3 rings (SSSR count). The number of hydrogen-bond donors (Lipinski definition) is 0. The molecule has 0 spiro atoms. The second-order valence-electron chi connectivity index (χ2n) is 4.65. The van der Waals surface area contributed by atoms with E-state index in [1.807, 2.05) is 14.0 Å². The van der Waals surface area contributed by atoms with Gasteiger partial charge in [-0.05, 0) is 22.9 Å². The molecule has 0 aliphatic carbocycles. The molecule has 0 bridgehead atoms. The standard InChI is InChI=1S/C12H13BrN6O/c1-7-10(13)9(17(2)16-7)5-19-6-14-11-8(12(19)20)4-15-18(11)3/h4,6H,5H2,1-3H3. The second-order valence-corrected chi connectivity index (χ2v) is 5.45. The second kappa shape index (κ2) is 4.55. The molecule has 0 radical (unpaired) electrons. The van der Waals surface area contributed by atoms with Crippen molar-refractivity contribution in [3.8, 4) is 0 Å². The summed E-state index contributed by atoms with van der Waals surface area (Å²) in [6.07, 6.45) is 3.09. The van der Waals surface area contributed by atoms with Gasteiger partial charge in [0.1, 0.15) is 11.7 Å². The zero-order valence-electron chi connectivity index (χ0n) is 11.3. The van der Waals surface area contributed by atoms with Crippen molar-refractivity contribution in [2.45, 2.75) is 13.5 Å². The highest BCUT2D eigenvalue weighted by Crippen LogP contribution is 2.20. The van der Waals surface area contributed by atoms with Gasteiger partial charge >= 0.3 is 0 Å². The maximum Gasteiger partial charge on any atom is 0.264 e. The van der Waals surface area contributed by atoms with Gasteiger partial charge in [-0.3, -0.25) is 18.7 Å². The Balaban J connectivity index is 2.12. The molecule has 0 atom stereocenters. The van der Waals surface area contributed by atoms with Gasteiger partial charge in [-0.25, -0.2) is 4.98 Å². The first kappa shape index (κ1) is 13.0. The van der Waals surface area contributed by atoms with Crippen LogP contribution in [0.4, 0.5) is 0 Å². The van der Waals surface area contributed by atoms with Gasteiger partial charge < -0.3 is 0 Å². The molecule has 0 amide bonds. The Morgan fingerprint density at radius 1 is 1.30 bits per heavy atom. The summed E-state index contributed by atoms with van der Waals surface area (Å²) in [4.78, 5) is 16.7. The molecule has 0 fully saturated rings. The van der Waals surface area contributed by atoms with Crippen molar-refractivity contribution in [2.24, 2.45) is 14.1 Å². The number of nitrogens with zero attached hydrogens (tertiary/aromatic N) is 6. The summed E-state index contributed by atoms with van der Waals surface area (Å²) in [5.74, 6) is 0. The Bertz CT molecular complexity index is 859. The molecule has 0 saturated carbocycles. The summed E-state index contributed by atoms with van der Waals surface area (Å²) >= 11 is 3.50. The molecular formula is C12H13BrN6O. The van der Waals surface area contributed by atoms with Crippen LogP contribution in [-0.4, -0.2) is 29.1 Å². The van der Waals surface area contributed by atoms with Crippen LogP contribution >= 0.6 is 15.9 Å². The zero-order chi connectivity index (χ0) is 14.4. The van der Waals surface area contributed by atoms with E-state index in [4.69, 9.17) is 0 Å². The van der Waals surface area contributed by atoms with E-state index in [1.165, 1.54) is 0 Å². The number of halogens is 1. The largest absolute Gasteiger partial charge is 0.292 e. The molecule has 20 heavy (non-hydrogen) atoms. The Morgan fingerprint density at radius 2 is 2.05 bits per heavy atom. The highest BCUT2D eigenvalue weighted by molar-refractivity contribution is 9.10. The quantitative estimate of drug-likeness (QED) is 0.699. The van der Waals surface area contributed by atoms with Gasteiger partial charge in [0.05, 0.1) is 28.6 Å². The normalized spacial score (nSPS) is 11.4. The van der Waals surface area contributed by atoms with Crippen LogP contribution < -0.4 is 5.56 Å². The van der Waals surface area contributed by atoms with Crippen LogP contribution in [0.25, 0.3) is 11.0 Å². The Hall–Kier alpha value is -1.96. The molecule has 0 aromatic carbocycles. The molecule has 0 aliphatic rings. The average Bonchev–Trinajstić information content (AvgIpc) is 2.89. The lowest BCUT2D eigenvalue weighted by Gasteiger charge is -2.06. The Labute approximate surface area is 123 Å². The first-order valence-corrected chi connectivity index (χ1v) is 6.83. The Kier molecular flexibility index (Phi) is 2.97. The third-order valence-corrected chi connectivity index (χ3v) is 4.33. The number of aryl methyl sites for hydroxylation is 3. The van der Waals surface area contributed by atoms with Crippen molar-refractivity contribution >= 4 is 27.0 Å². The predicted octanol–water partition coefficient (Wildman–Crippen LogP) is 0.983. The molecule has 8 heteroatoms. The molecule has 7 nitrogen and oxygen atoms in total. The van der Waals surface area contributed by atoms with E-state index in [-0.39, 0.29) is 5.56 Å². The van der Waals surface area contributed by atoms with Crippen LogP contribution in [0.2, 0.25) is 0 Å².